The van der Waals surface area contributed by atoms with Gasteiger partial charge in [0, 0.05) is 6.54 Å². The third kappa shape index (κ3) is 4.73. The van der Waals surface area contributed by atoms with E-state index in [1.54, 1.807) is 24.3 Å². The number of hydrogen-bond donors (Lipinski definition) is 2. The Labute approximate surface area is 133 Å². The molecule has 0 saturated heterocycles. The number of carbonyl (C=O) groups excluding carboxylic acids is 1. The summed E-state index contributed by atoms with van der Waals surface area (Å²) in [4.78, 5) is 11.8. The van der Waals surface area contributed by atoms with Crippen LogP contribution in [0, 0.1) is 5.92 Å². The Hall–Kier alpha value is -2.09. The number of aromatic hydroxyl groups is 1. The number of nitrogens with one attached hydrogen (secondary N) is 1. The van der Waals surface area contributed by atoms with E-state index in [0.717, 1.165) is 12.1 Å². The van der Waals surface area contributed by atoms with E-state index in [9.17, 15) is 9.90 Å². The van der Waals surface area contributed by atoms with Crippen molar-refractivity contribution < 1.29 is 9.90 Å². The lowest BCUT2D eigenvalue weighted by molar-refractivity contribution is -0.118. The lowest BCUT2D eigenvalue weighted by Crippen LogP contribution is -2.27. The Kier molecular flexibility index (Phi) is 5.76. The van der Waals surface area contributed by atoms with Gasteiger partial charge in [0.05, 0.1) is 11.4 Å². The number of hydrogen-bond acceptors (Lipinski definition) is 6. The molecule has 0 bridgehead atoms. The Bertz CT molecular complexity index is 612. The molecule has 0 unspecified atom stereocenters. The topological polar surface area (TPSA) is 92.9 Å². The largest absolute Gasteiger partial charge is 0.508 e. The zero-order chi connectivity index (χ0) is 15.9. The first-order chi connectivity index (χ1) is 10.6. The van der Waals surface area contributed by atoms with Crippen LogP contribution < -0.4 is 5.32 Å². The minimum atomic E-state index is -0.0362. The lowest BCUT2D eigenvalue weighted by Gasteiger charge is -2.07. The van der Waals surface area contributed by atoms with E-state index in [-0.39, 0.29) is 17.4 Å². The fraction of sp³-hybridized carbons (Fsp3) is 0.429. The highest BCUT2D eigenvalue weighted by Crippen LogP contribution is 2.19. The van der Waals surface area contributed by atoms with Crippen molar-refractivity contribution in [2.75, 3.05) is 12.3 Å². The minimum Gasteiger partial charge on any atom is -0.508 e. The van der Waals surface area contributed by atoms with Gasteiger partial charge in [-0.3, -0.25) is 4.79 Å². The summed E-state index contributed by atoms with van der Waals surface area (Å²) in [7, 11) is 0. The molecule has 118 valence electrons. The Balaban J connectivity index is 1.90. The second-order valence-corrected chi connectivity index (χ2v) is 6.15. The molecule has 0 aliphatic carbocycles. The molecule has 2 aromatic rings. The van der Waals surface area contributed by atoms with Gasteiger partial charge in [-0.1, -0.05) is 25.6 Å². The summed E-state index contributed by atoms with van der Waals surface area (Å²) in [5.41, 5.74) is 0.727. The van der Waals surface area contributed by atoms with E-state index >= 15 is 0 Å². The van der Waals surface area contributed by atoms with Gasteiger partial charge < -0.3 is 10.4 Å². The summed E-state index contributed by atoms with van der Waals surface area (Å²) in [6.07, 6.45) is 0.960. The zero-order valence-electron chi connectivity index (χ0n) is 12.6. The molecule has 0 fully saturated rings. The molecule has 1 amide bonds. The third-order valence-corrected chi connectivity index (χ3v) is 3.83. The fourth-order valence-electron chi connectivity index (χ4n) is 1.71. The zero-order valence-corrected chi connectivity index (χ0v) is 13.4. The van der Waals surface area contributed by atoms with Crippen LogP contribution in [0.1, 0.15) is 20.3 Å². The molecule has 8 heteroatoms. The number of nitrogens with zero attached hydrogens (tertiary/aromatic N) is 4. The number of carbonyl (C=O) groups is 1. The maximum absolute atomic E-state index is 11.8. The number of amides is 1. The number of rotatable bonds is 7. The molecule has 1 heterocycles. The van der Waals surface area contributed by atoms with Crippen LogP contribution in [0.3, 0.4) is 0 Å². The average molecular weight is 321 g/mol. The van der Waals surface area contributed by atoms with Gasteiger partial charge in [0.1, 0.15) is 5.75 Å². The van der Waals surface area contributed by atoms with Crippen molar-refractivity contribution in [3.63, 3.8) is 0 Å². The van der Waals surface area contributed by atoms with E-state index < -0.39 is 0 Å². The maximum atomic E-state index is 11.8. The first kappa shape index (κ1) is 16.3. The summed E-state index contributed by atoms with van der Waals surface area (Å²) >= 11 is 1.27. The van der Waals surface area contributed by atoms with Gasteiger partial charge in [-0.25, -0.2) is 0 Å². The first-order valence-electron chi connectivity index (χ1n) is 7.03. The van der Waals surface area contributed by atoms with Gasteiger partial charge in [0.2, 0.25) is 11.1 Å². The van der Waals surface area contributed by atoms with Crippen LogP contribution in [0.4, 0.5) is 0 Å². The number of phenolic OH excluding ortho intramolecular Hbond substituents is 1. The normalized spacial score (nSPS) is 10.9. The molecule has 1 aromatic heterocycles. The third-order valence-electron chi connectivity index (χ3n) is 2.91. The molecular weight excluding hydrogens is 302 g/mol. The summed E-state index contributed by atoms with van der Waals surface area (Å²) < 4.78 is 1.53. The van der Waals surface area contributed by atoms with Crippen LogP contribution in [0.15, 0.2) is 29.4 Å². The second-order valence-electron chi connectivity index (χ2n) is 5.21. The monoisotopic (exact) mass is 321 g/mol. The number of tetrazole rings is 1. The van der Waals surface area contributed by atoms with E-state index in [1.807, 2.05) is 0 Å². The highest BCUT2D eigenvalue weighted by molar-refractivity contribution is 7.99. The minimum absolute atomic E-state index is 0.0362. The molecule has 2 N–H and O–H groups in total. The van der Waals surface area contributed by atoms with Crippen molar-refractivity contribution in [1.29, 1.82) is 0 Å². The van der Waals surface area contributed by atoms with Crippen molar-refractivity contribution in [3.8, 4) is 11.4 Å². The van der Waals surface area contributed by atoms with Crippen LogP contribution in [-0.4, -0.2) is 43.5 Å². The molecular formula is C14H19N5O2S. The van der Waals surface area contributed by atoms with Gasteiger partial charge in [-0.15, -0.1) is 5.10 Å². The molecule has 0 atom stereocenters. The second kappa shape index (κ2) is 7.79. The smallest absolute Gasteiger partial charge is 0.230 e. The van der Waals surface area contributed by atoms with Crippen LogP contribution in [0.5, 0.6) is 5.75 Å². The molecule has 22 heavy (non-hydrogen) atoms. The molecule has 0 aliphatic rings. The van der Waals surface area contributed by atoms with E-state index in [4.69, 9.17) is 0 Å². The molecule has 0 radical (unpaired) electrons. The highest BCUT2D eigenvalue weighted by Gasteiger charge is 2.11. The predicted molar refractivity (Wildman–Crippen MR) is 84.0 cm³/mol. The SMILES string of the molecule is CC(C)CCNC(=O)CSc1nnnn1-c1ccc(O)cc1. The molecule has 7 nitrogen and oxygen atoms in total. The van der Waals surface area contributed by atoms with Crippen LogP contribution in [0.2, 0.25) is 0 Å². The van der Waals surface area contributed by atoms with Crippen molar-refractivity contribution in [2.45, 2.75) is 25.4 Å². The summed E-state index contributed by atoms with van der Waals surface area (Å²) in [6.45, 7) is 4.92. The fourth-order valence-corrected chi connectivity index (χ4v) is 2.43. The van der Waals surface area contributed by atoms with Gasteiger partial charge in [-0.05, 0) is 47.0 Å². The molecule has 0 aliphatic heterocycles. The number of phenols is 1. The maximum Gasteiger partial charge on any atom is 0.230 e. The number of thioether (sulfide) groups is 1. The van der Waals surface area contributed by atoms with Crippen molar-refractivity contribution in [1.82, 2.24) is 25.5 Å². The predicted octanol–water partition coefficient (Wildman–Crippen LogP) is 1.62. The van der Waals surface area contributed by atoms with Crippen molar-refractivity contribution in [3.05, 3.63) is 24.3 Å². The summed E-state index contributed by atoms with van der Waals surface area (Å²) in [6, 6.07) is 6.53. The van der Waals surface area contributed by atoms with Gasteiger partial charge in [0.15, 0.2) is 0 Å². The van der Waals surface area contributed by atoms with Gasteiger partial charge >= 0.3 is 0 Å². The van der Waals surface area contributed by atoms with E-state index in [2.05, 4.69) is 34.7 Å². The van der Waals surface area contributed by atoms with Gasteiger partial charge in [-0.2, -0.15) is 4.68 Å². The Morgan fingerprint density at radius 2 is 2.09 bits per heavy atom. The molecule has 2 rings (SSSR count). The summed E-state index contributed by atoms with van der Waals surface area (Å²) in [5, 5.41) is 24.2. The quantitative estimate of drug-likeness (QED) is 0.753. The van der Waals surface area contributed by atoms with Gasteiger partial charge in [0.25, 0.3) is 0 Å². The Morgan fingerprint density at radius 1 is 1.36 bits per heavy atom. The van der Waals surface area contributed by atoms with Crippen molar-refractivity contribution in [2.24, 2.45) is 5.92 Å². The molecule has 0 spiro atoms. The van der Waals surface area contributed by atoms with Crippen molar-refractivity contribution >= 4 is 17.7 Å². The van der Waals surface area contributed by atoms with E-state index in [0.29, 0.717) is 17.6 Å². The van der Waals surface area contributed by atoms with Crippen LogP contribution in [-0.2, 0) is 4.79 Å². The lowest BCUT2D eigenvalue weighted by atomic mass is 10.1. The molecule has 1 aromatic carbocycles. The number of aromatic nitrogens is 4. The first-order valence-corrected chi connectivity index (χ1v) is 8.02. The van der Waals surface area contributed by atoms with Crippen LogP contribution in [0.25, 0.3) is 5.69 Å². The molecule has 0 saturated carbocycles. The average Bonchev–Trinajstić information content (AvgIpc) is 2.94. The standard InChI is InChI=1S/C14H19N5O2S/c1-10(2)7-8-15-13(21)9-22-14-16-17-18-19(14)11-3-5-12(20)6-4-11/h3-6,10,20H,7-9H2,1-2H3,(H,15,21). The van der Waals surface area contributed by atoms with Crippen LogP contribution >= 0.6 is 11.8 Å². The number of benzene rings is 1. The Morgan fingerprint density at radius 3 is 2.77 bits per heavy atom. The highest BCUT2D eigenvalue weighted by atomic mass is 32.2. The summed E-state index contributed by atoms with van der Waals surface area (Å²) in [5.74, 6) is 0.965. The van der Waals surface area contributed by atoms with E-state index in [1.165, 1.54) is 16.4 Å².